The Bertz CT molecular complexity index is 745. The summed E-state index contributed by atoms with van der Waals surface area (Å²) in [4.78, 5) is 17.3. The topological polar surface area (TPSA) is 51.7 Å². The normalized spacial score (nSPS) is 14.8. The Labute approximate surface area is 152 Å². The molecule has 0 bridgehead atoms. The zero-order valence-corrected chi connectivity index (χ0v) is 14.3. The highest BCUT2D eigenvalue weighted by atomic mass is 32.2. The number of amides is 1. The van der Waals surface area contributed by atoms with Gasteiger partial charge < -0.3 is 14.4 Å². The molecule has 1 aromatic heterocycles. The predicted molar refractivity (Wildman–Crippen MR) is 90.7 cm³/mol. The fourth-order valence-corrected chi connectivity index (χ4v) is 3.12. The van der Waals surface area contributed by atoms with E-state index in [4.69, 9.17) is 9.47 Å². The number of rotatable bonds is 3. The van der Waals surface area contributed by atoms with E-state index in [0.717, 1.165) is 23.6 Å². The van der Waals surface area contributed by atoms with Gasteiger partial charge in [-0.05, 0) is 30.3 Å². The Morgan fingerprint density at radius 1 is 1.04 bits per heavy atom. The minimum atomic E-state index is -4.44. The number of carbonyl (C=O) groups is 1. The summed E-state index contributed by atoms with van der Waals surface area (Å²) in [5.41, 5.74) is -0.844. The van der Waals surface area contributed by atoms with Crippen molar-refractivity contribution >= 4 is 17.9 Å². The van der Waals surface area contributed by atoms with Crippen molar-refractivity contribution in [2.24, 2.45) is 0 Å². The Kier molecular flexibility index (Phi) is 5.55. The van der Waals surface area contributed by atoms with Crippen LogP contribution in [0.4, 0.5) is 18.0 Å². The zero-order valence-electron chi connectivity index (χ0n) is 13.5. The maximum absolute atomic E-state index is 12.5. The summed E-state index contributed by atoms with van der Waals surface area (Å²) in [5, 5.41) is 0. The number of ether oxygens (including phenoxy) is 2. The molecule has 26 heavy (non-hydrogen) atoms. The largest absolute Gasteiger partial charge is 0.439 e. The van der Waals surface area contributed by atoms with E-state index in [0.29, 0.717) is 30.8 Å². The molecule has 0 unspecified atom stereocenters. The lowest BCUT2D eigenvalue weighted by atomic mass is 10.3. The number of hydrogen-bond donors (Lipinski definition) is 0. The molecule has 0 saturated carbocycles. The van der Waals surface area contributed by atoms with Gasteiger partial charge in [0, 0.05) is 36.9 Å². The van der Waals surface area contributed by atoms with E-state index in [9.17, 15) is 18.0 Å². The van der Waals surface area contributed by atoms with Crippen LogP contribution >= 0.6 is 11.8 Å². The van der Waals surface area contributed by atoms with Gasteiger partial charge in [-0.2, -0.15) is 24.9 Å². The van der Waals surface area contributed by atoms with Crippen molar-refractivity contribution < 1.29 is 27.4 Å². The predicted octanol–water partition coefficient (Wildman–Crippen LogP) is 4.44. The molecule has 0 aliphatic carbocycles. The van der Waals surface area contributed by atoms with E-state index >= 15 is 0 Å². The second-order valence-electron chi connectivity index (χ2n) is 5.42. The lowest BCUT2D eigenvalue weighted by Gasteiger charge is -2.25. The number of nitrogens with zero attached hydrogens (tertiary/aromatic N) is 2. The molecule has 1 aromatic carbocycles. The van der Waals surface area contributed by atoms with Crippen LogP contribution in [0.5, 0.6) is 17.4 Å². The Morgan fingerprint density at radius 3 is 2.27 bits per heavy atom. The molecular weight excluding hydrogens is 369 g/mol. The minimum absolute atomic E-state index is 0.0357. The van der Waals surface area contributed by atoms with Crippen LogP contribution < -0.4 is 9.47 Å². The van der Waals surface area contributed by atoms with Gasteiger partial charge in [0.1, 0.15) is 11.5 Å². The quantitative estimate of drug-likeness (QED) is 0.783. The van der Waals surface area contributed by atoms with Crippen LogP contribution in [0.3, 0.4) is 0 Å². The average Bonchev–Trinajstić information content (AvgIpc) is 2.64. The van der Waals surface area contributed by atoms with Gasteiger partial charge in [0.05, 0.1) is 5.56 Å². The van der Waals surface area contributed by atoms with Crippen LogP contribution in [0.1, 0.15) is 5.56 Å². The number of hydrogen-bond acceptors (Lipinski definition) is 5. The molecule has 3 rings (SSSR count). The molecule has 9 heteroatoms. The van der Waals surface area contributed by atoms with Crippen LogP contribution in [0.25, 0.3) is 0 Å². The summed E-state index contributed by atoms with van der Waals surface area (Å²) in [7, 11) is 0. The number of halogens is 3. The van der Waals surface area contributed by atoms with E-state index in [1.54, 1.807) is 40.9 Å². The van der Waals surface area contributed by atoms with Crippen molar-refractivity contribution in [2.45, 2.75) is 6.18 Å². The minimum Gasteiger partial charge on any atom is -0.439 e. The summed E-state index contributed by atoms with van der Waals surface area (Å²) in [6.45, 7) is 1.31. The van der Waals surface area contributed by atoms with E-state index in [1.165, 1.54) is 0 Å². The van der Waals surface area contributed by atoms with Crippen LogP contribution in [-0.4, -0.2) is 40.6 Å². The van der Waals surface area contributed by atoms with Crippen LogP contribution in [-0.2, 0) is 6.18 Å². The highest BCUT2D eigenvalue weighted by Crippen LogP contribution is 2.30. The molecule has 1 saturated heterocycles. The molecule has 1 aliphatic heterocycles. The summed E-state index contributed by atoms with van der Waals surface area (Å²) in [6, 6.07) is 8.24. The molecule has 138 valence electrons. The fraction of sp³-hybridized carbons (Fsp3) is 0.294. The number of benzene rings is 1. The van der Waals surface area contributed by atoms with E-state index in [2.05, 4.69) is 4.98 Å². The molecule has 1 fully saturated rings. The van der Waals surface area contributed by atoms with Crippen molar-refractivity contribution in [2.75, 3.05) is 24.6 Å². The first-order valence-corrected chi connectivity index (χ1v) is 8.93. The van der Waals surface area contributed by atoms with Gasteiger partial charge in [0.15, 0.2) is 0 Å². The molecule has 2 aromatic rings. The standard InChI is InChI=1S/C17H15F3N2O3S/c18-17(19,20)12-1-6-15(21-11-12)24-13-2-4-14(5-3-13)25-16(23)22-7-9-26-10-8-22/h1-6,11H,7-10H2. The monoisotopic (exact) mass is 384 g/mol. The number of carbonyl (C=O) groups excluding carboxylic acids is 1. The smallest absolute Gasteiger partial charge is 0.417 e. The van der Waals surface area contributed by atoms with Gasteiger partial charge in [-0.1, -0.05) is 0 Å². The molecule has 0 radical (unpaired) electrons. The third-order valence-corrected chi connectivity index (χ3v) is 4.53. The first kappa shape index (κ1) is 18.4. The summed E-state index contributed by atoms with van der Waals surface area (Å²) in [5.74, 6) is 2.55. The summed E-state index contributed by atoms with van der Waals surface area (Å²) < 4.78 is 48.2. The molecular formula is C17H15F3N2O3S. The van der Waals surface area contributed by atoms with Gasteiger partial charge in [0.25, 0.3) is 0 Å². The van der Waals surface area contributed by atoms with E-state index in [1.807, 2.05) is 0 Å². The maximum atomic E-state index is 12.5. The molecule has 0 atom stereocenters. The van der Waals surface area contributed by atoms with Crippen LogP contribution in [0.15, 0.2) is 42.6 Å². The molecule has 1 aliphatic rings. The fourth-order valence-electron chi connectivity index (χ4n) is 2.22. The highest BCUT2D eigenvalue weighted by Gasteiger charge is 2.30. The second-order valence-corrected chi connectivity index (χ2v) is 6.65. The number of pyridine rings is 1. The van der Waals surface area contributed by atoms with Crippen LogP contribution in [0.2, 0.25) is 0 Å². The van der Waals surface area contributed by atoms with Crippen LogP contribution in [0, 0.1) is 0 Å². The lowest BCUT2D eigenvalue weighted by molar-refractivity contribution is -0.137. The lowest BCUT2D eigenvalue weighted by Crippen LogP contribution is -2.39. The molecule has 1 amide bonds. The van der Waals surface area contributed by atoms with Crippen molar-refractivity contribution in [1.82, 2.24) is 9.88 Å². The van der Waals surface area contributed by atoms with Crippen molar-refractivity contribution in [3.05, 3.63) is 48.2 Å². The van der Waals surface area contributed by atoms with Gasteiger partial charge in [-0.3, -0.25) is 0 Å². The molecule has 5 nitrogen and oxygen atoms in total. The van der Waals surface area contributed by atoms with Gasteiger partial charge >= 0.3 is 12.3 Å². The molecule has 0 spiro atoms. The summed E-state index contributed by atoms with van der Waals surface area (Å²) in [6.07, 6.45) is -4.13. The first-order valence-electron chi connectivity index (χ1n) is 7.77. The second kappa shape index (κ2) is 7.86. The SMILES string of the molecule is O=C(Oc1ccc(Oc2ccc(C(F)(F)F)cn2)cc1)N1CCSCC1. The van der Waals surface area contributed by atoms with E-state index < -0.39 is 17.8 Å². The first-order chi connectivity index (χ1) is 12.4. The van der Waals surface area contributed by atoms with Gasteiger partial charge in [0.2, 0.25) is 5.88 Å². The van der Waals surface area contributed by atoms with Gasteiger partial charge in [-0.25, -0.2) is 9.78 Å². The van der Waals surface area contributed by atoms with Gasteiger partial charge in [-0.15, -0.1) is 0 Å². The zero-order chi connectivity index (χ0) is 18.6. The highest BCUT2D eigenvalue weighted by molar-refractivity contribution is 7.99. The molecule has 0 N–H and O–H groups in total. The number of alkyl halides is 3. The van der Waals surface area contributed by atoms with E-state index in [-0.39, 0.29) is 5.88 Å². The third-order valence-electron chi connectivity index (χ3n) is 3.58. The van der Waals surface area contributed by atoms with Crippen molar-refractivity contribution in [1.29, 1.82) is 0 Å². The number of aromatic nitrogens is 1. The van der Waals surface area contributed by atoms with Crippen molar-refractivity contribution in [3.8, 4) is 17.4 Å². The third kappa shape index (κ3) is 4.81. The molecule has 2 heterocycles. The average molecular weight is 384 g/mol. The maximum Gasteiger partial charge on any atom is 0.417 e. The Balaban J connectivity index is 1.58. The Hall–Kier alpha value is -2.42. The Morgan fingerprint density at radius 2 is 1.69 bits per heavy atom. The number of thioether (sulfide) groups is 1. The summed E-state index contributed by atoms with van der Waals surface area (Å²) >= 11 is 1.79. The van der Waals surface area contributed by atoms with Crippen molar-refractivity contribution in [3.63, 3.8) is 0 Å².